The number of ether oxygens (including phenoxy) is 1. The molecule has 2 aliphatic rings. The fraction of sp³-hybridized carbons (Fsp3) is 0.632. The van der Waals surface area contributed by atoms with Gasteiger partial charge in [-0.1, -0.05) is 12.1 Å². The third-order valence-corrected chi connectivity index (χ3v) is 5.00. The molecule has 1 aromatic rings. The van der Waals surface area contributed by atoms with Crippen LogP contribution in [0.15, 0.2) is 29.3 Å². The second-order valence-corrected chi connectivity index (χ2v) is 7.02. The van der Waals surface area contributed by atoms with Gasteiger partial charge in [-0.05, 0) is 44.0 Å². The van der Waals surface area contributed by atoms with Gasteiger partial charge in [0.1, 0.15) is 0 Å². The van der Waals surface area contributed by atoms with E-state index < -0.39 is 11.7 Å². The third kappa shape index (κ3) is 6.48. The Kier molecular flexibility index (Phi) is 8.81. The summed E-state index contributed by atoms with van der Waals surface area (Å²) in [6.07, 6.45) is -1.73. The fourth-order valence-electron chi connectivity index (χ4n) is 3.53. The zero-order chi connectivity index (χ0) is 19.3. The lowest BCUT2D eigenvalue weighted by Gasteiger charge is -2.35. The minimum Gasteiger partial charge on any atom is -0.373 e. The molecule has 9 heteroatoms. The van der Waals surface area contributed by atoms with E-state index in [0.29, 0.717) is 31.6 Å². The summed E-state index contributed by atoms with van der Waals surface area (Å²) >= 11 is 0. The Morgan fingerprint density at radius 1 is 1.25 bits per heavy atom. The van der Waals surface area contributed by atoms with Gasteiger partial charge in [0.25, 0.3) is 0 Å². The predicted octanol–water partition coefficient (Wildman–Crippen LogP) is 3.24. The Bertz CT molecular complexity index is 639. The van der Waals surface area contributed by atoms with Gasteiger partial charge in [0.15, 0.2) is 5.96 Å². The molecular weight excluding hydrogens is 484 g/mol. The SMILES string of the molecule is CCNC(=NCc1ccc(C(F)(F)F)cc1)NCC1CN2CCCC2CO1.I. The summed E-state index contributed by atoms with van der Waals surface area (Å²) < 4.78 is 43.8. The molecule has 0 spiro atoms. The normalized spacial score (nSPS) is 23.1. The van der Waals surface area contributed by atoms with E-state index in [2.05, 4.69) is 20.5 Å². The molecule has 2 saturated heterocycles. The molecule has 2 N–H and O–H groups in total. The standard InChI is InChI=1S/C19H27F3N4O.HI/c1-2-23-18(24-10-14-5-7-15(8-6-14)19(20,21)22)25-11-17-12-26-9-3-4-16(26)13-27-17;/h5-8,16-17H,2-4,9-13H2,1H3,(H2,23,24,25);1H. The van der Waals surface area contributed by atoms with Gasteiger partial charge in [0, 0.05) is 25.7 Å². The van der Waals surface area contributed by atoms with Crippen LogP contribution < -0.4 is 10.6 Å². The van der Waals surface area contributed by atoms with Crippen LogP contribution >= 0.6 is 24.0 Å². The first-order valence-electron chi connectivity index (χ1n) is 9.49. The molecule has 2 atom stereocenters. The number of hydrogen-bond acceptors (Lipinski definition) is 3. The van der Waals surface area contributed by atoms with Gasteiger partial charge >= 0.3 is 6.18 Å². The summed E-state index contributed by atoms with van der Waals surface area (Å²) in [7, 11) is 0. The van der Waals surface area contributed by atoms with Crippen molar-refractivity contribution in [2.75, 3.05) is 32.8 Å². The van der Waals surface area contributed by atoms with Crippen LogP contribution in [0.2, 0.25) is 0 Å². The van der Waals surface area contributed by atoms with Gasteiger partial charge < -0.3 is 15.4 Å². The Morgan fingerprint density at radius 3 is 2.68 bits per heavy atom. The third-order valence-electron chi connectivity index (χ3n) is 5.00. The van der Waals surface area contributed by atoms with E-state index in [1.165, 1.54) is 25.0 Å². The number of benzene rings is 1. The highest BCUT2D eigenvalue weighted by atomic mass is 127. The molecule has 5 nitrogen and oxygen atoms in total. The van der Waals surface area contributed by atoms with Crippen molar-refractivity contribution >= 4 is 29.9 Å². The van der Waals surface area contributed by atoms with E-state index >= 15 is 0 Å². The van der Waals surface area contributed by atoms with Crippen LogP contribution in [-0.2, 0) is 17.5 Å². The maximum Gasteiger partial charge on any atom is 0.416 e. The van der Waals surface area contributed by atoms with Gasteiger partial charge in [0.05, 0.1) is 24.8 Å². The van der Waals surface area contributed by atoms with Crippen LogP contribution in [0, 0.1) is 0 Å². The molecule has 0 saturated carbocycles. The lowest BCUT2D eigenvalue weighted by molar-refractivity contribution is -0.137. The van der Waals surface area contributed by atoms with Crippen LogP contribution in [0.4, 0.5) is 13.2 Å². The summed E-state index contributed by atoms with van der Waals surface area (Å²) in [6, 6.07) is 5.69. The highest BCUT2D eigenvalue weighted by Gasteiger charge is 2.32. The number of aliphatic imine (C=N–C) groups is 1. The van der Waals surface area contributed by atoms with E-state index in [1.807, 2.05) is 6.92 Å². The molecule has 2 heterocycles. The second-order valence-electron chi connectivity index (χ2n) is 7.02. The number of nitrogens with zero attached hydrogens (tertiary/aromatic N) is 2. The average molecular weight is 512 g/mol. The minimum absolute atomic E-state index is 0. The highest BCUT2D eigenvalue weighted by molar-refractivity contribution is 14.0. The van der Waals surface area contributed by atoms with E-state index in [-0.39, 0.29) is 30.1 Å². The van der Waals surface area contributed by atoms with Gasteiger partial charge in [-0.2, -0.15) is 13.2 Å². The molecule has 0 aliphatic carbocycles. The number of alkyl halides is 3. The number of rotatable bonds is 5. The summed E-state index contributed by atoms with van der Waals surface area (Å²) in [4.78, 5) is 6.96. The van der Waals surface area contributed by atoms with Crippen molar-refractivity contribution in [1.29, 1.82) is 0 Å². The number of hydrogen-bond donors (Lipinski definition) is 2. The number of nitrogens with one attached hydrogen (secondary N) is 2. The first kappa shape index (κ1) is 23.2. The van der Waals surface area contributed by atoms with Crippen molar-refractivity contribution in [3.63, 3.8) is 0 Å². The largest absolute Gasteiger partial charge is 0.416 e. The predicted molar refractivity (Wildman–Crippen MR) is 114 cm³/mol. The smallest absolute Gasteiger partial charge is 0.373 e. The zero-order valence-electron chi connectivity index (χ0n) is 16.0. The van der Waals surface area contributed by atoms with Crippen LogP contribution in [0.5, 0.6) is 0 Å². The van der Waals surface area contributed by atoms with E-state index in [0.717, 1.165) is 37.4 Å². The number of morpholine rings is 1. The molecule has 0 bridgehead atoms. The average Bonchev–Trinajstić information content (AvgIpc) is 3.11. The van der Waals surface area contributed by atoms with Gasteiger partial charge in [0.2, 0.25) is 0 Å². The van der Waals surface area contributed by atoms with Crippen molar-refractivity contribution in [2.45, 2.75) is 44.6 Å². The van der Waals surface area contributed by atoms with Crippen LogP contribution in [0.1, 0.15) is 30.9 Å². The maximum atomic E-state index is 12.6. The fourth-order valence-corrected chi connectivity index (χ4v) is 3.53. The topological polar surface area (TPSA) is 48.9 Å². The van der Waals surface area contributed by atoms with Crippen LogP contribution in [-0.4, -0.2) is 55.8 Å². The van der Waals surface area contributed by atoms with Crippen molar-refractivity contribution in [2.24, 2.45) is 4.99 Å². The number of guanidine groups is 1. The summed E-state index contributed by atoms with van der Waals surface area (Å²) in [5.74, 6) is 0.643. The Morgan fingerprint density at radius 2 is 2.00 bits per heavy atom. The van der Waals surface area contributed by atoms with Crippen molar-refractivity contribution < 1.29 is 17.9 Å². The first-order chi connectivity index (χ1) is 13.0. The number of halogens is 4. The van der Waals surface area contributed by atoms with Gasteiger partial charge in [-0.25, -0.2) is 4.99 Å². The van der Waals surface area contributed by atoms with Crippen molar-refractivity contribution in [1.82, 2.24) is 15.5 Å². The summed E-state index contributed by atoms with van der Waals surface area (Å²) in [5, 5.41) is 6.45. The lowest BCUT2D eigenvalue weighted by Crippen LogP contribution is -2.51. The molecule has 28 heavy (non-hydrogen) atoms. The quantitative estimate of drug-likeness (QED) is 0.362. The number of fused-ring (bicyclic) bond motifs is 1. The Hall–Kier alpha value is -1.07. The van der Waals surface area contributed by atoms with Crippen LogP contribution in [0.25, 0.3) is 0 Å². The molecule has 0 aromatic heterocycles. The molecule has 2 aliphatic heterocycles. The molecule has 0 radical (unpaired) electrons. The Balaban J connectivity index is 0.00000280. The van der Waals surface area contributed by atoms with Gasteiger partial charge in [-0.15, -0.1) is 24.0 Å². The van der Waals surface area contributed by atoms with E-state index in [4.69, 9.17) is 4.74 Å². The van der Waals surface area contributed by atoms with Crippen LogP contribution in [0.3, 0.4) is 0 Å². The molecular formula is C19H28F3IN4O. The minimum atomic E-state index is -4.31. The second kappa shape index (κ2) is 10.6. The molecule has 2 unspecified atom stereocenters. The summed E-state index contributed by atoms with van der Waals surface area (Å²) in [6.45, 7) is 6.50. The maximum absolute atomic E-state index is 12.6. The lowest BCUT2D eigenvalue weighted by atomic mass is 10.1. The summed E-state index contributed by atoms with van der Waals surface area (Å²) in [5.41, 5.74) is 0.0870. The van der Waals surface area contributed by atoms with E-state index in [9.17, 15) is 13.2 Å². The molecule has 158 valence electrons. The molecule has 1 aromatic carbocycles. The monoisotopic (exact) mass is 512 g/mol. The zero-order valence-corrected chi connectivity index (χ0v) is 18.3. The van der Waals surface area contributed by atoms with E-state index in [1.54, 1.807) is 0 Å². The Labute approximate surface area is 181 Å². The van der Waals surface area contributed by atoms with Crippen molar-refractivity contribution in [3.05, 3.63) is 35.4 Å². The molecule has 3 rings (SSSR count). The van der Waals surface area contributed by atoms with Crippen molar-refractivity contribution in [3.8, 4) is 0 Å². The van der Waals surface area contributed by atoms with Gasteiger partial charge in [-0.3, -0.25) is 4.90 Å². The first-order valence-corrected chi connectivity index (χ1v) is 9.49. The molecule has 2 fully saturated rings. The molecule has 0 amide bonds. The highest BCUT2D eigenvalue weighted by Crippen LogP contribution is 2.29.